The number of nitrogens with one attached hydrogen (secondary N) is 4. The van der Waals surface area contributed by atoms with Crippen LogP contribution in [0.25, 0.3) is 0 Å². The van der Waals surface area contributed by atoms with Crippen molar-refractivity contribution in [3.8, 4) is 0 Å². The molecule has 1 aliphatic carbocycles. The van der Waals surface area contributed by atoms with Gasteiger partial charge in [-0.15, -0.1) is 0 Å². The first-order valence-corrected chi connectivity index (χ1v) is 24.1. The van der Waals surface area contributed by atoms with Crippen molar-refractivity contribution in [2.24, 2.45) is 11.8 Å². The van der Waals surface area contributed by atoms with E-state index in [1.54, 1.807) is 6.92 Å². The van der Waals surface area contributed by atoms with Gasteiger partial charge in [-0.1, -0.05) is 89.9 Å². The van der Waals surface area contributed by atoms with E-state index in [1.165, 1.54) is 90.4 Å². The highest BCUT2D eigenvalue weighted by Gasteiger charge is 2.29. The molecule has 0 spiro atoms. The van der Waals surface area contributed by atoms with Gasteiger partial charge in [-0.2, -0.15) is 0 Å². The van der Waals surface area contributed by atoms with Gasteiger partial charge in [-0.3, -0.25) is 24.0 Å². The van der Waals surface area contributed by atoms with Crippen LogP contribution in [0.3, 0.4) is 0 Å². The SMILES string of the molecule is CC(=O)CCCCCCCCCCCCCCCCCCC(=O)NCC1CCC(C(=O)NC(CCC(=O)NCCOCCOCC(=O)NCCOCCOCC(C)=O)C(=O)O)CC1. The molecule has 0 saturated heterocycles. The Bertz CT molecular complexity index is 1260. The summed E-state index contributed by atoms with van der Waals surface area (Å²) in [6.07, 6.45) is 23.7. The third kappa shape index (κ3) is 36.6. The third-order valence-corrected chi connectivity index (χ3v) is 11.2. The van der Waals surface area contributed by atoms with Crippen LogP contribution in [0.2, 0.25) is 0 Å². The summed E-state index contributed by atoms with van der Waals surface area (Å²) in [7, 11) is 0. The summed E-state index contributed by atoms with van der Waals surface area (Å²) < 4.78 is 21.0. The van der Waals surface area contributed by atoms with Gasteiger partial charge in [-0.25, -0.2) is 4.79 Å². The molecule has 1 atom stereocenters. The number of Topliss-reactive ketones (excluding diaryl/α,β-unsaturated/α-hetero) is 2. The largest absolute Gasteiger partial charge is 0.480 e. The van der Waals surface area contributed by atoms with Gasteiger partial charge in [0.25, 0.3) is 0 Å². The summed E-state index contributed by atoms with van der Waals surface area (Å²) in [5.41, 5.74) is 0. The van der Waals surface area contributed by atoms with Gasteiger partial charge in [-0.05, 0) is 64.7 Å². The average molecular weight is 897 g/mol. The molecule has 63 heavy (non-hydrogen) atoms. The van der Waals surface area contributed by atoms with Crippen LogP contribution in [-0.2, 0) is 52.5 Å². The van der Waals surface area contributed by atoms with Crippen molar-refractivity contribution in [1.29, 1.82) is 0 Å². The predicted molar refractivity (Wildman–Crippen MR) is 241 cm³/mol. The fourth-order valence-electron chi connectivity index (χ4n) is 7.42. The van der Waals surface area contributed by atoms with Gasteiger partial charge in [0, 0.05) is 44.8 Å². The molecule has 0 aliphatic heterocycles. The average Bonchev–Trinajstić information content (AvgIpc) is 3.25. The Kier molecular flexibility index (Phi) is 36.6. The molecule has 364 valence electrons. The molecule has 0 aromatic rings. The predicted octanol–water partition coefficient (Wildman–Crippen LogP) is 5.76. The van der Waals surface area contributed by atoms with Crippen molar-refractivity contribution in [1.82, 2.24) is 21.3 Å². The molecule has 1 saturated carbocycles. The van der Waals surface area contributed by atoms with Crippen LogP contribution in [0.5, 0.6) is 0 Å². The fourth-order valence-corrected chi connectivity index (χ4v) is 7.42. The van der Waals surface area contributed by atoms with E-state index in [0.717, 1.165) is 38.5 Å². The number of ketones is 2. The highest BCUT2D eigenvalue weighted by atomic mass is 16.5. The molecule has 1 fully saturated rings. The van der Waals surface area contributed by atoms with E-state index in [9.17, 15) is 38.7 Å². The molecule has 16 nitrogen and oxygen atoms in total. The quantitative estimate of drug-likeness (QED) is 0.0461. The van der Waals surface area contributed by atoms with Crippen LogP contribution in [0.4, 0.5) is 0 Å². The van der Waals surface area contributed by atoms with Crippen molar-refractivity contribution in [3.63, 3.8) is 0 Å². The number of carboxylic acid groups (broad SMARTS) is 1. The summed E-state index contributed by atoms with van der Waals surface area (Å²) in [5, 5.41) is 20.7. The number of carboxylic acids is 1. The van der Waals surface area contributed by atoms with Crippen LogP contribution < -0.4 is 21.3 Å². The highest BCUT2D eigenvalue weighted by molar-refractivity contribution is 5.85. The van der Waals surface area contributed by atoms with Crippen molar-refractivity contribution >= 4 is 41.2 Å². The van der Waals surface area contributed by atoms with E-state index in [1.807, 2.05) is 0 Å². The molecule has 1 aliphatic rings. The van der Waals surface area contributed by atoms with Crippen molar-refractivity contribution < 1.29 is 57.6 Å². The Morgan fingerprint density at radius 3 is 1.43 bits per heavy atom. The zero-order valence-corrected chi connectivity index (χ0v) is 38.9. The molecule has 16 heteroatoms. The lowest BCUT2D eigenvalue weighted by Gasteiger charge is -2.28. The molecular weight excluding hydrogens is 813 g/mol. The Labute approximate surface area is 377 Å². The maximum atomic E-state index is 12.9. The van der Waals surface area contributed by atoms with Gasteiger partial charge >= 0.3 is 5.97 Å². The molecular formula is C47H84N4O12. The lowest BCUT2D eigenvalue weighted by atomic mass is 9.81. The Hall–Kier alpha value is -3.47. The number of hydrogen-bond donors (Lipinski definition) is 5. The number of hydrogen-bond acceptors (Lipinski definition) is 11. The standard InChI is InChI=1S/C47H84N4O12/c1-38(52)19-17-15-13-11-9-7-5-3-4-6-8-10-12-14-16-18-20-43(54)50-35-40-21-23-41(24-22-40)46(57)51-42(47(58)59)25-26-44(55)48-27-29-60-32-34-63-37-45(56)49-28-30-61-31-33-62-36-39(2)53/h40-42H,3-37H2,1-2H3,(H,48,55)(H,49,56)(H,50,54)(H,51,57)(H,58,59). The molecule has 0 aromatic carbocycles. The molecule has 1 rings (SSSR count). The first-order valence-electron chi connectivity index (χ1n) is 24.1. The van der Waals surface area contributed by atoms with Gasteiger partial charge < -0.3 is 50.1 Å². The van der Waals surface area contributed by atoms with Gasteiger partial charge in [0.1, 0.15) is 25.0 Å². The summed E-state index contributed by atoms with van der Waals surface area (Å²) in [5.74, 6) is -1.83. The van der Waals surface area contributed by atoms with E-state index in [-0.39, 0.29) is 87.8 Å². The summed E-state index contributed by atoms with van der Waals surface area (Å²) in [6, 6.07) is -1.17. The number of aliphatic carboxylic acids is 1. The Morgan fingerprint density at radius 1 is 0.492 bits per heavy atom. The van der Waals surface area contributed by atoms with Crippen molar-refractivity contribution in [2.45, 2.75) is 174 Å². The Balaban J connectivity index is 2.00. The normalized spacial score (nSPS) is 15.3. The van der Waals surface area contributed by atoms with Gasteiger partial charge in [0.15, 0.2) is 5.78 Å². The van der Waals surface area contributed by atoms with Crippen molar-refractivity contribution in [2.75, 3.05) is 72.5 Å². The second-order valence-electron chi connectivity index (χ2n) is 17.1. The van der Waals surface area contributed by atoms with Crippen LogP contribution in [-0.4, -0.2) is 125 Å². The number of carbonyl (C=O) groups is 7. The molecule has 0 bridgehead atoms. The minimum absolute atomic E-state index is 0.0414. The molecule has 5 N–H and O–H groups in total. The van der Waals surface area contributed by atoms with Crippen LogP contribution in [0.1, 0.15) is 168 Å². The first-order chi connectivity index (χ1) is 30.5. The monoisotopic (exact) mass is 897 g/mol. The fraction of sp³-hybridized carbons (Fsp3) is 0.851. The topological polar surface area (TPSA) is 225 Å². The first kappa shape index (κ1) is 57.5. The van der Waals surface area contributed by atoms with E-state index < -0.39 is 12.0 Å². The maximum Gasteiger partial charge on any atom is 0.326 e. The van der Waals surface area contributed by atoms with E-state index >= 15 is 0 Å². The molecule has 0 aromatic heterocycles. The smallest absolute Gasteiger partial charge is 0.326 e. The number of rotatable bonds is 43. The molecule has 0 heterocycles. The second-order valence-corrected chi connectivity index (χ2v) is 17.1. The lowest BCUT2D eigenvalue weighted by Crippen LogP contribution is -2.45. The van der Waals surface area contributed by atoms with Crippen LogP contribution in [0.15, 0.2) is 0 Å². The highest BCUT2D eigenvalue weighted by Crippen LogP contribution is 2.29. The molecule has 1 unspecified atom stereocenters. The van der Waals surface area contributed by atoms with Gasteiger partial charge in [0.2, 0.25) is 23.6 Å². The minimum Gasteiger partial charge on any atom is -0.480 e. The zero-order valence-electron chi connectivity index (χ0n) is 38.9. The molecule has 4 amide bonds. The van der Waals surface area contributed by atoms with Crippen molar-refractivity contribution in [3.05, 3.63) is 0 Å². The summed E-state index contributed by atoms with van der Waals surface area (Å²) >= 11 is 0. The van der Waals surface area contributed by atoms with E-state index in [0.29, 0.717) is 63.9 Å². The number of carbonyl (C=O) groups excluding carboxylic acids is 6. The lowest BCUT2D eigenvalue weighted by molar-refractivity contribution is -0.143. The van der Waals surface area contributed by atoms with Crippen LogP contribution >= 0.6 is 0 Å². The number of ether oxygens (including phenoxy) is 4. The third-order valence-electron chi connectivity index (χ3n) is 11.2. The second kappa shape index (κ2) is 40.1. The Morgan fingerprint density at radius 2 is 0.937 bits per heavy atom. The zero-order chi connectivity index (χ0) is 46.2. The van der Waals surface area contributed by atoms with E-state index in [2.05, 4.69) is 21.3 Å². The minimum atomic E-state index is -1.19. The molecule has 0 radical (unpaired) electrons. The number of unbranched alkanes of at least 4 members (excludes halogenated alkanes) is 15. The maximum absolute atomic E-state index is 12.9. The van der Waals surface area contributed by atoms with Crippen LogP contribution in [0, 0.1) is 11.8 Å². The summed E-state index contributed by atoms with van der Waals surface area (Å²) in [4.78, 5) is 83.1. The van der Waals surface area contributed by atoms with E-state index in [4.69, 9.17) is 18.9 Å². The number of amides is 4. The van der Waals surface area contributed by atoms with Gasteiger partial charge in [0.05, 0.1) is 39.6 Å². The summed E-state index contributed by atoms with van der Waals surface area (Å²) in [6.45, 7) is 5.67.